The van der Waals surface area contributed by atoms with Crippen LogP contribution in [0.1, 0.15) is 38.2 Å². The van der Waals surface area contributed by atoms with Crippen molar-refractivity contribution in [2.45, 2.75) is 42.1 Å². The summed E-state index contributed by atoms with van der Waals surface area (Å²) >= 11 is 0. The second-order valence-corrected chi connectivity index (χ2v) is 15.7. The largest absolute Gasteiger partial charge is 0.504 e. The van der Waals surface area contributed by atoms with Crippen LogP contribution in [-0.4, -0.2) is 73.7 Å². The Bertz CT molecular complexity index is 2210. The van der Waals surface area contributed by atoms with Crippen LogP contribution in [0.25, 0.3) is 0 Å². The molecule has 0 radical (unpaired) electrons. The van der Waals surface area contributed by atoms with E-state index in [1.807, 2.05) is 24.3 Å². The Morgan fingerprint density at radius 1 is 0.755 bits per heavy atom. The molecule has 4 aromatic rings. The van der Waals surface area contributed by atoms with E-state index in [0.717, 1.165) is 32.6 Å². The standard InChI is InChI=1S/C34H33N3O10S2/c38-31-27(17-30(32(39)33(31)40)49(44,45)37-14-11-22-3-1-2-4-24(22)19-37)34(41)36-13-10-23-6-7-26(16-25(23)18-36)48(42,43)35-12-9-21-5-8-28-29(15-21)47-20-46-28/h1-8,15-17,35,38-40H,9-14,18-20H2. The first-order valence-corrected chi connectivity index (χ1v) is 18.5. The maximum Gasteiger partial charge on any atom is 0.258 e. The van der Waals surface area contributed by atoms with Crippen molar-refractivity contribution >= 4 is 26.0 Å². The smallest absolute Gasteiger partial charge is 0.258 e. The number of nitrogens with one attached hydrogen (secondary N) is 1. The van der Waals surface area contributed by atoms with Crippen LogP contribution < -0.4 is 14.2 Å². The van der Waals surface area contributed by atoms with Gasteiger partial charge in [0.05, 0.1) is 10.5 Å². The average molecular weight is 708 g/mol. The third-order valence-corrected chi connectivity index (χ3v) is 12.4. The quantitative estimate of drug-likeness (QED) is 0.199. The van der Waals surface area contributed by atoms with Gasteiger partial charge in [0.1, 0.15) is 4.90 Å². The molecule has 0 fully saturated rings. The predicted octanol–water partition coefficient (Wildman–Crippen LogP) is 3.00. The fourth-order valence-corrected chi connectivity index (χ4v) is 8.96. The summed E-state index contributed by atoms with van der Waals surface area (Å²) in [6.45, 7) is 0.555. The first-order valence-electron chi connectivity index (χ1n) is 15.6. The zero-order chi connectivity index (χ0) is 34.5. The first-order chi connectivity index (χ1) is 23.4. The van der Waals surface area contributed by atoms with E-state index in [9.17, 15) is 36.9 Å². The van der Waals surface area contributed by atoms with Gasteiger partial charge in [-0.3, -0.25) is 4.79 Å². The maximum absolute atomic E-state index is 13.8. The van der Waals surface area contributed by atoms with E-state index in [4.69, 9.17) is 9.47 Å². The Labute approximate surface area is 283 Å². The molecule has 0 unspecified atom stereocenters. The Hall–Kier alpha value is -4.83. The van der Waals surface area contributed by atoms with Crippen LogP contribution in [-0.2, 0) is 52.4 Å². The molecule has 0 aliphatic carbocycles. The van der Waals surface area contributed by atoms with Gasteiger partial charge in [-0.2, -0.15) is 4.31 Å². The number of hydrogen-bond donors (Lipinski definition) is 4. The normalized spacial score (nSPS) is 15.9. The number of amides is 1. The minimum absolute atomic E-state index is 0.00726. The average Bonchev–Trinajstić information content (AvgIpc) is 3.58. The molecule has 0 aromatic heterocycles. The molecule has 256 valence electrons. The lowest BCUT2D eigenvalue weighted by Crippen LogP contribution is -2.37. The molecule has 0 atom stereocenters. The highest BCUT2D eigenvalue weighted by Crippen LogP contribution is 2.44. The fourth-order valence-electron chi connectivity index (χ4n) is 6.35. The van der Waals surface area contributed by atoms with Crippen molar-refractivity contribution in [3.8, 4) is 28.7 Å². The number of phenols is 3. The Morgan fingerprint density at radius 2 is 1.49 bits per heavy atom. The molecule has 0 saturated heterocycles. The van der Waals surface area contributed by atoms with Crippen LogP contribution in [0.3, 0.4) is 0 Å². The molecule has 0 saturated carbocycles. The predicted molar refractivity (Wildman–Crippen MR) is 176 cm³/mol. The summed E-state index contributed by atoms with van der Waals surface area (Å²) in [6, 6.07) is 18.3. The number of ether oxygens (including phenoxy) is 2. The Morgan fingerprint density at radius 3 is 2.31 bits per heavy atom. The van der Waals surface area contributed by atoms with Gasteiger partial charge in [0.25, 0.3) is 5.91 Å². The number of rotatable bonds is 8. The summed E-state index contributed by atoms with van der Waals surface area (Å²) < 4.78 is 68.2. The van der Waals surface area contributed by atoms with Gasteiger partial charge in [-0.05, 0) is 77.4 Å². The summed E-state index contributed by atoms with van der Waals surface area (Å²) in [5, 5.41) is 31.9. The SMILES string of the molecule is O=C(c1cc(S(=O)(=O)N2CCc3ccccc3C2)c(O)c(O)c1O)N1CCc2ccc(S(=O)(=O)NCCc3ccc4c(c3)OCO4)cc2C1. The van der Waals surface area contributed by atoms with E-state index in [1.165, 1.54) is 17.0 Å². The summed E-state index contributed by atoms with van der Waals surface area (Å²) in [5.74, 6) is -2.70. The Kier molecular flexibility index (Phi) is 8.39. The monoisotopic (exact) mass is 707 g/mol. The van der Waals surface area contributed by atoms with Gasteiger partial charge in [0.15, 0.2) is 23.0 Å². The van der Waals surface area contributed by atoms with Crippen molar-refractivity contribution in [2.75, 3.05) is 26.4 Å². The summed E-state index contributed by atoms with van der Waals surface area (Å²) in [7, 11) is -8.32. The van der Waals surface area contributed by atoms with Crippen LogP contribution in [0, 0.1) is 0 Å². The summed E-state index contributed by atoms with van der Waals surface area (Å²) in [5.41, 5.74) is 3.54. The van der Waals surface area contributed by atoms with Gasteiger partial charge in [-0.15, -0.1) is 0 Å². The topological polar surface area (TPSA) is 183 Å². The van der Waals surface area contributed by atoms with Crippen LogP contribution in [0.2, 0.25) is 0 Å². The number of nitrogens with zero attached hydrogens (tertiary/aromatic N) is 2. The molecule has 0 spiro atoms. The lowest BCUT2D eigenvalue weighted by molar-refractivity contribution is 0.0730. The number of aromatic hydroxyl groups is 3. The van der Waals surface area contributed by atoms with E-state index < -0.39 is 53.7 Å². The molecule has 13 nitrogen and oxygen atoms in total. The zero-order valence-electron chi connectivity index (χ0n) is 26.1. The molecule has 15 heteroatoms. The fraction of sp³-hybridized carbons (Fsp3) is 0.265. The number of benzene rings is 4. The third-order valence-electron chi connectivity index (χ3n) is 9.09. The second kappa shape index (κ2) is 12.6. The number of hydrogen-bond acceptors (Lipinski definition) is 10. The molecular formula is C34H33N3O10S2. The lowest BCUT2D eigenvalue weighted by atomic mass is 9.99. The molecule has 3 heterocycles. The minimum atomic E-state index is -4.40. The van der Waals surface area contributed by atoms with Gasteiger partial charge >= 0.3 is 0 Å². The number of sulfonamides is 2. The zero-order valence-corrected chi connectivity index (χ0v) is 27.8. The number of fused-ring (bicyclic) bond motifs is 3. The molecule has 1 amide bonds. The highest BCUT2D eigenvalue weighted by Gasteiger charge is 2.35. The van der Waals surface area contributed by atoms with Gasteiger partial charge in [-0.1, -0.05) is 36.4 Å². The van der Waals surface area contributed by atoms with Gasteiger partial charge < -0.3 is 29.7 Å². The number of carbonyl (C=O) groups is 1. The van der Waals surface area contributed by atoms with Gasteiger partial charge in [-0.25, -0.2) is 21.6 Å². The van der Waals surface area contributed by atoms with Crippen LogP contribution >= 0.6 is 0 Å². The highest BCUT2D eigenvalue weighted by molar-refractivity contribution is 7.89. The lowest BCUT2D eigenvalue weighted by Gasteiger charge is -2.30. The molecular weight excluding hydrogens is 675 g/mol. The molecule has 7 rings (SSSR count). The van der Waals surface area contributed by atoms with Gasteiger partial charge in [0, 0.05) is 32.7 Å². The van der Waals surface area contributed by atoms with Crippen molar-refractivity contribution in [3.05, 3.63) is 100 Å². The molecule has 3 aliphatic rings. The van der Waals surface area contributed by atoms with Crippen molar-refractivity contribution in [3.63, 3.8) is 0 Å². The Balaban J connectivity index is 1.08. The highest BCUT2D eigenvalue weighted by atomic mass is 32.2. The van der Waals surface area contributed by atoms with Crippen molar-refractivity contribution in [2.24, 2.45) is 0 Å². The molecule has 4 N–H and O–H groups in total. The molecule has 4 aromatic carbocycles. The third kappa shape index (κ3) is 6.14. The van der Waals surface area contributed by atoms with E-state index in [0.29, 0.717) is 36.3 Å². The van der Waals surface area contributed by atoms with Crippen LogP contribution in [0.4, 0.5) is 0 Å². The number of carbonyl (C=O) groups excluding carboxylic acids is 1. The minimum Gasteiger partial charge on any atom is -0.504 e. The maximum atomic E-state index is 13.8. The van der Waals surface area contributed by atoms with E-state index in [-0.39, 0.29) is 44.4 Å². The van der Waals surface area contributed by atoms with Crippen molar-refractivity contribution < 1.29 is 46.4 Å². The molecule has 3 aliphatic heterocycles. The second-order valence-electron chi connectivity index (χ2n) is 12.1. The summed E-state index contributed by atoms with van der Waals surface area (Å²) in [6.07, 6.45) is 1.21. The molecule has 49 heavy (non-hydrogen) atoms. The van der Waals surface area contributed by atoms with E-state index >= 15 is 0 Å². The first kappa shape index (κ1) is 32.7. The van der Waals surface area contributed by atoms with E-state index in [1.54, 1.807) is 24.3 Å². The van der Waals surface area contributed by atoms with Crippen LogP contribution in [0.5, 0.6) is 28.7 Å². The van der Waals surface area contributed by atoms with Crippen LogP contribution in [0.15, 0.2) is 76.5 Å². The van der Waals surface area contributed by atoms with Crippen molar-refractivity contribution in [1.29, 1.82) is 0 Å². The van der Waals surface area contributed by atoms with E-state index in [2.05, 4.69) is 4.72 Å². The van der Waals surface area contributed by atoms with Gasteiger partial charge in [0.2, 0.25) is 32.6 Å². The summed E-state index contributed by atoms with van der Waals surface area (Å²) in [4.78, 5) is 14.4. The molecule has 0 bridgehead atoms. The number of phenolic OH excluding ortho intramolecular Hbond substituents is 3. The van der Waals surface area contributed by atoms with Crippen molar-refractivity contribution in [1.82, 2.24) is 13.9 Å².